The van der Waals surface area contributed by atoms with Crippen molar-refractivity contribution < 1.29 is 14.3 Å². The van der Waals surface area contributed by atoms with Crippen molar-refractivity contribution >= 4 is 11.8 Å². The van der Waals surface area contributed by atoms with Crippen LogP contribution in [0.5, 0.6) is 0 Å². The van der Waals surface area contributed by atoms with Gasteiger partial charge in [0.2, 0.25) is 0 Å². The molecule has 8 heteroatoms. The Morgan fingerprint density at radius 2 is 2.35 bits per heavy atom. The molecule has 0 aliphatic carbocycles. The van der Waals surface area contributed by atoms with Crippen LogP contribution < -0.4 is 16.6 Å². The topological polar surface area (TPSA) is 111 Å². The van der Waals surface area contributed by atoms with Crippen molar-refractivity contribution in [3.63, 3.8) is 0 Å². The molecular formula is C9H15N5O3. The normalized spacial score (nSPS) is 11.9. The van der Waals surface area contributed by atoms with Gasteiger partial charge in [-0.1, -0.05) is 0 Å². The molecule has 94 valence electrons. The summed E-state index contributed by atoms with van der Waals surface area (Å²) in [5.41, 5.74) is 2.24. The largest absolute Gasteiger partial charge is 0.382 e. The molecule has 0 saturated heterocycles. The first-order valence-corrected chi connectivity index (χ1v) is 4.90. The predicted molar refractivity (Wildman–Crippen MR) is 58.9 cm³/mol. The van der Waals surface area contributed by atoms with Crippen molar-refractivity contribution in [2.45, 2.75) is 6.04 Å². The number of nitrogens with two attached hydrogens (primary N) is 1. The third-order valence-electron chi connectivity index (χ3n) is 2.16. The Bertz CT molecular complexity index is 403. The number of aromatic nitrogens is 2. The number of hydrogen-bond donors (Lipinski definition) is 3. The zero-order valence-electron chi connectivity index (χ0n) is 9.64. The molecule has 0 aromatic carbocycles. The fourth-order valence-corrected chi connectivity index (χ4v) is 1.29. The third kappa shape index (κ3) is 3.02. The smallest absolute Gasteiger partial charge is 0.271 e. The summed E-state index contributed by atoms with van der Waals surface area (Å²) in [6.45, 7) is 0.109. The van der Waals surface area contributed by atoms with Gasteiger partial charge in [-0.15, -0.1) is 0 Å². The highest BCUT2D eigenvalue weighted by molar-refractivity contribution is 5.92. The third-order valence-corrected chi connectivity index (χ3v) is 2.16. The molecule has 1 aromatic rings. The summed E-state index contributed by atoms with van der Waals surface area (Å²) in [5, 5.41) is 6.41. The Balaban J connectivity index is 2.91. The van der Waals surface area contributed by atoms with Gasteiger partial charge in [-0.2, -0.15) is 5.10 Å². The lowest BCUT2D eigenvalue weighted by atomic mass is 10.3. The van der Waals surface area contributed by atoms with Gasteiger partial charge < -0.3 is 10.1 Å². The average Bonchev–Trinajstić information content (AvgIpc) is 2.83. The molecule has 0 spiro atoms. The molecule has 1 rings (SSSR count). The summed E-state index contributed by atoms with van der Waals surface area (Å²) < 4.78 is 6.23. The van der Waals surface area contributed by atoms with Gasteiger partial charge in [-0.25, -0.2) is 5.84 Å². The van der Waals surface area contributed by atoms with E-state index in [0.29, 0.717) is 0 Å². The highest BCUT2D eigenvalue weighted by Gasteiger charge is 2.21. The number of methoxy groups -OCH3 is 1. The molecule has 0 bridgehead atoms. The average molecular weight is 241 g/mol. The van der Waals surface area contributed by atoms with Crippen LogP contribution in [-0.2, 0) is 9.53 Å². The number of hydrazine groups is 1. The van der Waals surface area contributed by atoms with E-state index in [1.54, 1.807) is 0 Å². The highest BCUT2D eigenvalue weighted by Crippen LogP contribution is 2.07. The van der Waals surface area contributed by atoms with Gasteiger partial charge in [-0.3, -0.25) is 19.7 Å². The van der Waals surface area contributed by atoms with E-state index in [9.17, 15) is 9.59 Å². The number of hydrogen-bond acceptors (Lipinski definition) is 5. The number of ether oxygens (including phenoxy) is 1. The van der Waals surface area contributed by atoms with Crippen molar-refractivity contribution in [1.82, 2.24) is 20.5 Å². The van der Waals surface area contributed by atoms with E-state index in [1.165, 1.54) is 31.1 Å². The number of carbonyl (C=O) groups is 2. The van der Waals surface area contributed by atoms with Gasteiger partial charge in [-0.05, 0) is 6.07 Å². The molecular weight excluding hydrogens is 226 g/mol. The summed E-state index contributed by atoms with van der Waals surface area (Å²) in [6.07, 6.45) is 1.52. The Kier molecular flexibility index (Phi) is 4.61. The van der Waals surface area contributed by atoms with Gasteiger partial charge in [0.1, 0.15) is 5.69 Å². The first-order valence-electron chi connectivity index (χ1n) is 4.90. The number of nitrogens with zero attached hydrogens (tertiary/aromatic N) is 2. The van der Waals surface area contributed by atoms with Gasteiger partial charge in [0.25, 0.3) is 11.8 Å². The Morgan fingerprint density at radius 3 is 2.88 bits per heavy atom. The number of carbonyl (C=O) groups excluding carboxylic acids is 2. The lowest BCUT2D eigenvalue weighted by Crippen LogP contribution is -2.39. The van der Waals surface area contributed by atoms with Crippen LogP contribution in [-0.4, -0.2) is 42.4 Å². The molecule has 0 saturated carbocycles. The minimum atomic E-state index is -0.705. The lowest BCUT2D eigenvalue weighted by Gasteiger charge is -2.14. The van der Waals surface area contributed by atoms with Crippen molar-refractivity contribution in [3.8, 4) is 0 Å². The molecule has 0 fully saturated rings. The van der Waals surface area contributed by atoms with Gasteiger partial charge in [0, 0.05) is 20.4 Å². The van der Waals surface area contributed by atoms with E-state index in [1.807, 2.05) is 5.43 Å². The quantitative estimate of drug-likeness (QED) is 0.327. The van der Waals surface area contributed by atoms with E-state index < -0.39 is 11.9 Å². The van der Waals surface area contributed by atoms with E-state index in [-0.39, 0.29) is 18.2 Å². The van der Waals surface area contributed by atoms with Crippen molar-refractivity contribution in [3.05, 3.63) is 18.0 Å². The van der Waals surface area contributed by atoms with Crippen LogP contribution in [0.3, 0.4) is 0 Å². The summed E-state index contributed by atoms with van der Waals surface area (Å²) >= 11 is 0. The molecule has 1 heterocycles. The second kappa shape index (κ2) is 5.97. The second-order valence-electron chi connectivity index (χ2n) is 3.24. The van der Waals surface area contributed by atoms with E-state index in [4.69, 9.17) is 10.6 Å². The minimum Gasteiger partial charge on any atom is -0.382 e. The maximum atomic E-state index is 11.5. The summed E-state index contributed by atoms with van der Waals surface area (Å²) in [5.74, 6) is 4.29. The number of amides is 2. The molecule has 4 N–H and O–H groups in total. The summed E-state index contributed by atoms with van der Waals surface area (Å²) in [4.78, 5) is 22.8. The van der Waals surface area contributed by atoms with Gasteiger partial charge in [0.15, 0.2) is 6.04 Å². The van der Waals surface area contributed by atoms with Crippen LogP contribution in [0.4, 0.5) is 0 Å². The molecule has 1 unspecified atom stereocenters. The SMILES string of the molecule is CNC(=O)c1ccn(C(COC)C(=O)NN)n1. The monoisotopic (exact) mass is 241 g/mol. The summed E-state index contributed by atoms with van der Waals surface area (Å²) in [7, 11) is 2.96. The number of nitrogens with one attached hydrogen (secondary N) is 2. The van der Waals surface area contributed by atoms with Crippen LogP contribution in [0.1, 0.15) is 16.5 Å². The molecule has 2 amide bonds. The summed E-state index contributed by atoms with van der Waals surface area (Å²) in [6, 6.07) is 0.800. The van der Waals surface area contributed by atoms with Crippen LogP contribution in [0.25, 0.3) is 0 Å². The Morgan fingerprint density at radius 1 is 1.65 bits per heavy atom. The maximum Gasteiger partial charge on any atom is 0.271 e. The molecule has 1 atom stereocenters. The van der Waals surface area contributed by atoms with Crippen LogP contribution >= 0.6 is 0 Å². The first-order chi connectivity index (χ1) is 8.13. The maximum absolute atomic E-state index is 11.5. The van der Waals surface area contributed by atoms with E-state index >= 15 is 0 Å². The fraction of sp³-hybridized carbons (Fsp3) is 0.444. The lowest BCUT2D eigenvalue weighted by molar-refractivity contribution is -0.126. The second-order valence-corrected chi connectivity index (χ2v) is 3.24. The molecule has 0 aliphatic rings. The predicted octanol–water partition coefficient (Wildman–Crippen LogP) is -1.58. The Labute approximate surface area is 98.1 Å². The molecule has 1 aromatic heterocycles. The van der Waals surface area contributed by atoms with Crippen molar-refractivity contribution in [1.29, 1.82) is 0 Å². The minimum absolute atomic E-state index is 0.109. The molecule has 0 radical (unpaired) electrons. The van der Waals surface area contributed by atoms with Crippen LogP contribution in [0.15, 0.2) is 12.3 Å². The zero-order valence-corrected chi connectivity index (χ0v) is 9.64. The highest BCUT2D eigenvalue weighted by atomic mass is 16.5. The van der Waals surface area contributed by atoms with Crippen LogP contribution in [0, 0.1) is 0 Å². The number of rotatable bonds is 5. The van der Waals surface area contributed by atoms with Crippen LogP contribution in [0.2, 0.25) is 0 Å². The molecule has 17 heavy (non-hydrogen) atoms. The van der Waals surface area contributed by atoms with Gasteiger partial charge in [0.05, 0.1) is 6.61 Å². The zero-order chi connectivity index (χ0) is 12.8. The van der Waals surface area contributed by atoms with Gasteiger partial charge >= 0.3 is 0 Å². The fourth-order valence-electron chi connectivity index (χ4n) is 1.29. The van der Waals surface area contributed by atoms with E-state index in [2.05, 4.69) is 10.4 Å². The Hall–Kier alpha value is -1.93. The first kappa shape index (κ1) is 13.1. The molecule has 8 nitrogen and oxygen atoms in total. The van der Waals surface area contributed by atoms with Crippen molar-refractivity contribution in [2.24, 2.45) is 5.84 Å². The van der Waals surface area contributed by atoms with E-state index in [0.717, 1.165) is 0 Å². The standard InChI is InChI=1S/C9H15N5O3/c1-11-8(15)6-3-4-14(13-6)7(5-17-2)9(16)12-10/h3-4,7H,5,10H2,1-2H3,(H,11,15)(H,12,16). The molecule has 0 aliphatic heterocycles. The van der Waals surface area contributed by atoms with Crippen molar-refractivity contribution in [2.75, 3.05) is 20.8 Å².